The lowest BCUT2D eigenvalue weighted by Gasteiger charge is -2.30. The van der Waals surface area contributed by atoms with Crippen molar-refractivity contribution in [1.29, 1.82) is 0 Å². The summed E-state index contributed by atoms with van der Waals surface area (Å²) in [4.78, 5) is 0. The Balaban J connectivity index is 2.07. The van der Waals surface area contributed by atoms with E-state index >= 15 is 0 Å². The third-order valence-electron chi connectivity index (χ3n) is 3.39. The molecule has 2 atom stereocenters. The maximum atomic E-state index is 13.8. The second-order valence-corrected chi connectivity index (χ2v) is 7.48. The Morgan fingerprint density at radius 2 is 2.20 bits per heavy atom. The van der Waals surface area contributed by atoms with Crippen molar-refractivity contribution >= 4 is 23.5 Å². The zero-order valence-corrected chi connectivity index (χ0v) is 13.3. The van der Waals surface area contributed by atoms with E-state index in [9.17, 15) is 8.78 Å². The minimum absolute atomic E-state index is 0.212. The molecule has 0 radical (unpaired) electrons. The minimum Gasteiger partial charge on any atom is -0.313 e. The van der Waals surface area contributed by atoms with Crippen LogP contribution in [0.1, 0.15) is 18.9 Å². The Hall–Kier alpha value is -0.260. The van der Waals surface area contributed by atoms with Crippen LogP contribution < -0.4 is 5.32 Å². The lowest BCUT2D eigenvalue weighted by Crippen LogP contribution is -2.43. The number of thioether (sulfide) groups is 2. The quantitative estimate of drug-likeness (QED) is 0.859. The molecule has 0 amide bonds. The van der Waals surface area contributed by atoms with Crippen LogP contribution in [0.4, 0.5) is 8.78 Å². The molecule has 112 valence electrons. The van der Waals surface area contributed by atoms with E-state index in [1.54, 1.807) is 0 Å². The van der Waals surface area contributed by atoms with Crippen LogP contribution in [0.3, 0.4) is 0 Å². The molecule has 0 bridgehead atoms. The van der Waals surface area contributed by atoms with Gasteiger partial charge in [0.2, 0.25) is 0 Å². The van der Waals surface area contributed by atoms with E-state index in [0.29, 0.717) is 17.2 Å². The largest absolute Gasteiger partial charge is 0.313 e. The van der Waals surface area contributed by atoms with Crippen molar-refractivity contribution in [3.63, 3.8) is 0 Å². The van der Waals surface area contributed by atoms with Gasteiger partial charge >= 0.3 is 0 Å². The molecule has 2 rings (SSSR count). The van der Waals surface area contributed by atoms with Crippen molar-refractivity contribution in [1.82, 2.24) is 5.32 Å². The maximum Gasteiger partial charge on any atom is 0.126 e. The smallest absolute Gasteiger partial charge is 0.126 e. The normalized spacial score (nSPS) is 20.9. The summed E-state index contributed by atoms with van der Waals surface area (Å²) in [6.07, 6.45) is 1.61. The van der Waals surface area contributed by atoms with Crippen molar-refractivity contribution in [2.75, 3.05) is 23.8 Å². The second kappa shape index (κ2) is 8.25. The van der Waals surface area contributed by atoms with E-state index in [0.717, 1.165) is 24.5 Å². The van der Waals surface area contributed by atoms with Crippen molar-refractivity contribution in [3.05, 3.63) is 35.4 Å². The van der Waals surface area contributed by atoms with E-state index in [2.05, 4.69) is 12.2 Å². The third-order valence-corrected chi connectivity index (χ3v) is 6.31. The minimum atomic E-state index is -0.360. The molecule has 0 aliphatic carbocycles. The van der Waals surface area contributed by atoms with Crippen molar-refractivity contribution < 1.29 is 8.78 Å². The van der Waals surface area contributed by atoms with E-state index in [4.69, 9.17) is 0 Å². The molecule has 1 aromatic rings. The number of hydrogen-bond donors (Lipinski definition) is 1. The topological polar surface area (TPSA) is 12.0 Å². The van der Waals surface area contributed by atoms with Crippen molar-refractivity contribution in [2.24, 2.45) is 0 Å². The first kappa shape index (κ1) is 16.1. The van der Waals surface area contributed by atoms with Gasteiger partial charge in [0.05, 0.1) is 0 Å². The van der Waals surface area contributed by atoms with Crippen molar-refractivity contribution in [3.8, 4) is 0 Å². The van der Waals surface area contributed by atoms with Gasteiger partial charge in [0.25, 0.3) is 0 Å². The predicted molar refractivity (Wildman–Crippen MR) is 85.7 cm³/mol. The number of rotatable bonds is 6. The van der Waals surface area contributed by atoms with Gasteiger partial charge in [0.15, 0.2) is 0 Å². The Kier molecular flexibility index (Phi) is 6.65. The molecule has 1 aliphatic rings. The first-order valence-corrected chi connectivity index (χ1v) is 9.27. The number of halogens is 2. The van der Waals surface area contributed by atoms with Crippen LogP contribution in [0.25, 0.3) is 0 Å². The fourth-order valence-corrected chi connectivity index (χ4v) is 5.23. The van der Waals surface area contributed by atoms with E-state index in [1.807, 2.05) is 23.5 Å². The van der Waals surface area contributed by atoms with Gasteiger partial charge in [-0.05, 0) is 43.1 Å². The summed E-state index contributed by atoms with van der Waals surface area (Å²) in [5.41, 5.74) is 0.481. The summed E-state index contributed by atoms with van der Waals surface area (Å²) in [5.74, 6) is 2.76. The van der Waals surface area contributed by atoms with Gasteiger partial charge in [-0.15, -0.1) is 0 Å². The predicted octanol–water partition coefficient (Wildman–Crippen LogP) is 3.72. The molecule has 1 saturated heterocycles. The molecule has 1 aliphatic heterocycles. The first-order valence-electron chi connectivity index (χ1n) is 7.07. The van der Waals surface area contributed by atoms with Gasteiger partial charge in [0.1, 0.15) is 11.6 Å². The van der Waals surface area contributed by atoms with Crippen LogP contribution in [0.2, 0.25) is 0 Å². The first-order chi connectivity index (χ1) is 9.70. The number of nitrogens with one attached hydrogen (secondary N) is 1. The Morgan fingerprint density at radius 3 is 2.90 bits per heavy atom. The lowest BCUT2D eigenvalue weighted by atomic mass is 10.0. The highest BCUT2D eigenvalue weighted by Gasteiger charge is 2.25. The van der Waals surface area contributed by atoms with Crippen LogP contribution in [-0.2, 0) is 6.42 Å². The average Bonchev–Trinajstić information content (AvgIpc) is 2.48. The zero-order valence-electron chi connectivity index (χ0n) is 11.7. The molecule has 0 aromatic heterocycles. The third kappa shape index (κ3) is 4.64. The van der Waals surface area contributed by atoms with Crippen molar-refractivity contribution in [2.45, 2.75) is 31.1 Å². The van der Waals surface area contributed by atoms with E-state index < -0.39 is 0 Å². The van der Waals surface area contributed by atoms with Crippen LogP contribution in [0, 0.1) is 11.6 Å². The van der Waals surface area contributed by atoms with Gasteiger partial charge in [-0.3, -0.25) is 0 Å². The fourth-order valence-electron chi connectivity index (χ4n) is 2.34. The average molecular weight is 317 g/mol. The number of hydrogen-bond acceptors (Lipinski definition) is 3. The Morgan fingerprint density at radius 1 is 1.35 bits per heavy atom. The molecule has 20 heavy (non-hydrogen) atoms. The summed E-state index contributed by atoms with van der Waals surface area (Å²) in [7, 11) is 0. The number of benzene rings is 1. The highest BCUT2D eigenvalue weighted by molar-refractivity contribution is 8.06. The summed E-state index contributed by atoms with van der Waals surface area (Å²) in [5, 5.41) is 3.99. The molecule has 1 aromatic carbocycles. The summed E-state index contributed by atoms with van der Waals surface area (Å²) in [6, 6.07) is 3.95. The molecule has 1 N–H and O–H groups in total. The van der Waals surface area contributed by atoms with Gasteiger partial charge in [-0.2, -0.15) is 23.5 Å². The molecular formula is C15H21F2NS2. The lowest BCUT2D eigenvalue weighted by molar-refractivity contribution is 0.490. The van der Waals surface area contributed by atoms with Crippen LogP contribution in [0.5, 0.6) is 0 Å². The molecule has 5 heteroatoms. The molecule has 0 spiro atoms. The molecule has 1 nitrogen and oxygen atoms in total. The fraction of sp³-hybridized carbons (Fsp3) is 0.600. The molecular weight excluding hydrogens is 296 g/mol. The van der Waals surface area contributed by atoms with Crippen LogP contribution in [-0.4, -0.2) is 35.1 Å². The van der Waals surface area contributed by atoms with E-state index in [-0.39, 0.29) is 17.7 Å². The molecule has 2 unspecified atom stereocenters. The van der Waals surface area contributed by atoms with Crippen LogP contribution >= 0.6 is 23.5 Å². The van der Waals surface area contributed by atoms with E-state index in [1.165, 1.54) is 24.0 Å². The van der Waals surface area contributed by atoms with Gasteiger partial charge < -0.3 is 5.32 Å². The molecule has 1 fully saturated rings. The standard InChI is InChI=1S/C15H21F2NS2/c1-2-5-18-14(15-10-19-6-7-20-15)9-11-8-12(16)3-4-13(11)17/h3-4,8,14-15,18H,2,5-7,9-10H2,1H3. The summed E-state index contributed by atoms with van der Waals surface area (Å²) >= 11 is 3.91. The Labute approximate surface area is 128 Å². The molecule has 0 saturated carbocycles. The van der Waals surface area contributed by atoms with Crippen LogP contribution in [0.15, 0.2) is 18.2 Å². The monoisotopic (exact) mass is 317 g/mol. The second-order valence-electron chi connectivity index (χ2n) is 4.98. The Bertz CT molecular complexity index is 422. The summed E-state index contributed by atoms with van der Waals surface area (Å²) in [6.45, 7) is 3.04. The van der Waals surface area contributed by atoms with Gasteiger partial charge in [0, 0.05) is 28.6 Å². The van der Waals surface area contributed by atoms with Gasteiger partial charge in [-0.25, -0.2) is 8.78 Å². The highest BCUT2D eigenvalue weighted by atomic mass is 32.2. The molecule has 1 heterocycles. The van der Waals surface area contributed by atoms with Gasteiger partial charge in [-0.1, -0.05) is 6.92 Å². The summed E-state index contributed by atoms with van der Waals surface area (Å²) < 4.78 is 27.1. The zero-order chi connectivity index (χ0) is 14.4. The maximum absolute atomic E-state index is 13.8. The highest BCUT2D eigenvalue weighted by Crippen LogP contribution is 2.28. The SMILES string of the molecule is CCCNC(Cc1cc(F)ccc1F)C1CSCCS1.